The van der Waals surface area contributed by atoms with Crippen LogP contribution in [0.25, 0.3) is 0 Å². The number of amides is 2. The number of anilines is 2. The highest BCUT2D eigenvalue weighted by molar-refractivity contribution is 5.89. The van der Waals surface area contributed by atoms with Gasteiger partial charge in [-0.3, -0.25) is 4.98 Å². The summed E-state index contributed by atoms with van der Waals surface area (Å²) in [6, 6.07) is 11.9. The molecule has 1 aliphatic heterocycles. The Morgan fingerprint density at radius 2 is 1.89 bits per heavy atom. The van der Waals surface area contributed by atoms with Crippen molar-refractivity contribution in [3.8, 4) is 0 Å². The highest BCUT2D eigenvalue weighted by Gasteiger charge is 2.22. The predicted molar refractivity (Wildman–Crippen MR) is 106 cm³/mol. The van der Waals surface area contributed by atoms with E-state index in [4.69, 9.17) is 4.74 Å². The van der Waals surface area contributed by atoms with Gasteiger partial charge in [-0.1, -0.05) is 12.1 Å². The molecular formula is C21H26N4O2. The first-order chi connectivity index (χ1) is 13.3. The van der Waals surface area contributed by atoms with E-state index in [-0.39, 0.29) is 6.03 Å². The Hall–Kier alpha value is -2.60. The molecule has 142 valence electrons. The second-order valence-corrected chi connectivity index (χ2v) is 7.27. The number of nitrogens with zero attached hydrogens (tertiary/aromatic N) is 3. The summed E-state index contributed by atoms with van der Waals surface area (Å²) in [6.07, 6.45) is 6.20. The van der Waals surface area contributed by atoms with E-state index >= 15 is 0 Å². The molecule has 1 aromatic carbocycles. The summed E-state index contributed by atoms with van der Waals surface area (Å²) in [6.45, 7) is 4.51. The number of rotatable bonds is 6. The van der Waals surface area contributed by atoms with Crippen molar-refractivity contribution in [2.45, 2.75) is 19.4 Å². The second kappa shape index (κ2) is 8.39. The number of carbonyl (C=O) groups excluding carboxylic acids is 1. The standard InChI is InChI=1S/C21H26N4O2/c26-21(25-12-10-24(11-13-25)20-6-8-22-9-7-20)23-19-3-1-2-18(14-19)16-27-15-17-4-5-17/h1-3,6-9,14,17H,4-5,10-13,15-16H2,(H,23,26). The van der Waals surface area contributed by atoms with E-state index in [0.717, 1.165) is 42.6 Å². The molecule has 27 heavy (non-hydrogen) atoms. The van der Waals surface area contributed by atoms with Gasteiger partial charge in [-0.2, -0.15) is 0 Å². The van der Waals surface area contributed by atoms with Crippen molar-refractivity contribution in [3.63, 3.8) is 0 Å². The zero-order chi connectivity index (χ0) is 18.5. The van der Waals surface area contributed by atoms with Crippen molar-refractivity contribution in [2.75, 3.05) is 43.0 Å². The van der Waals surface area contributed by atoms with Crippen LogP contribution in [-0.4, -0.2) is 48.7 Å². The van der Waals surface area contributed by atoms with Crippen LogP contribution < -0.4 is 10.2 Å². The molecule has 6 heteroatoms. The first-order valence-corrected chi connectivity index (χ1v) is 9.65. The SMILES string of the molecule is O=C(Nc1cccc(COCC2CC2)c1)N1CCN(c2ccncc2)CC1. The molecule has 4 rings (SSSR count). The molecule has 2 aromatic rings. The number of hydrogen-bond donors (Lipinski definition) is 1. The number of ether oxygens (including phenoxy) is 1. The van der Waals surface area contributed by atoms with E-state index < -0.39 is 0 Å². The highest BCUT2D eigenvalue weighted by atomic mass is 16.5. The molecule has 0 spiro atoms. The monoisotopic (exact) mass is 366 g/mol. The van der Waals surface area contributed by atoms with Crippen molar-refractivity contribution >= 4 is 17.4 Å². The van der Waals surface area contributed by atoms with Crippen LogP contribution in [0.5, 0.6) is 0 Å². The summed E-state index contributed by atoms with van der Waals surface area (Å²) in [5.41, 5.74) is 3.07. The van der Waals surface area contributed by atoms with Gasteiger partial charge in [0.2, 0.25) is 0 Å². The van der Waals surface area contributed by atoms with Crippen molar-refractivity contribution in [1.82, 2.24) is 9.88 Å². The molecule has 0 bridgehead atoms. The van der Waals surface area contributed by atoms with Crippen molar-refractivity contribution in [1.29, 1.82) is 0 Å². The van der Waals surface area contributed by atoms with Crippen molar-refractivity contribution < 1.29 is 9.53 Å². The summed E-state index contributed by atoms with van der Waals surface area (Å²) < 4.78 is 5.74. The van der Waals surface area contributed by atoms with E-state index in [1.54, 1.807) is 12.4 Å². The Bertz CT molecular complexity index is 756. The molecule has 2 aliphatic rings. The minimum Gasteiger partial charge on any atom is -0.376 e. The molecule has 0 unspecified atom stereocenters. The predicted octanol–water partition coefficient (Wildman–Crippen LogP) is 3.36. The van der Waals surface area contributed by atoms with Gasteiger partial charge in [0.05, 0.1) is 6.61 Å². The molecule has 0 atom stereocenters. The number of pyridine rings is 1. The molecule has 1 saturated carbocycles. The van der Waals surface area contributed by atoms with Gasteiger partial charge in [-0.15, -0.1) is 0 Å². The van der Waals surface area contributed by atoms with Crippen LogP contribution in [-0.2, 0) is 11.3 Å². The fourth-order valence-corrected chi connectivity index (χ4v) is 3.29. The molecule has 1 N–H and O–H groups in total. The zero-order valence-electron chi connectivity index (χ0n) is 15.5. The Morgan fingerprint density at radius 1 is 1.11 bits per heavy atom. The number of hydrogen-bond acceptors (Lipinski definition) is 4. The third-order valence-electron chi connectivity index (χ3n) is 5.09. The summed E-state index contributed by atoms with van der Waals surface area (Å²) >= 11 is 0. The maximum Gasteiger partial charge on any atom is 0.321 e. The average Bonchev–Trinajstić information content (AvgIpc) is 3.53. The minimum absolute atomic E-state index is 0.0413. The minimum atomic E-state index is -0.0413. The van der Waals surface area contributed by atoms with Crippen molar-refractivity contribution in [2.24, 2.45) is 5.92 Å². The molecule has 1 aliphatic carbocycles. The quantitative estimate of drug-likeness (QED) is 0.852. The lowest BCUT2D eigenvalue weighted by atomic mass is 10.2. The van der Waals surface area contributed by atoms with E-state index in [1.165, 1.54) is 12.8 Å². The lowest BCUT2D eigenvalue weighted by Gasteiger charge is -2.36. The molecule has 1 aromatic heterocycles. The highest BCUT2D eigenvalue weighted by Crippen LogP contribution is 2.29. The Kier molecular flexibility index (Phi) is 5.53. The lowest BCUT2D eigenvalue weighted by molar-refractivity contribution is 0.111. The Morgan fingerprint density at radius 3 is 2.63 bits per heavy atom. The fraction of sp³-hybridized carbons (Fsp3) is 0.429. The maximum atomic E-state index is 12.6. The average molecular weight is 366 g/mol. The normalized spacial score (nSPS) is 17.0. The number of piperazine rings is 1. The number of benzene rings is 1. The summed E-state index contributed by atoms with van der Waals surface area (Å²) in [5.74, 6) is 0.763. The van der Waals surface area contributed by atoms with Gasteiger partial charge in [-0.25, -0.2) is 4.79 Å². The van der Waals surface area contributed by atoms with E-state index in [0.29, 0.717) is 19.7 Å². The second-order valence-electron chi connectivity index (χ2n) is 7.27. The third kappa shape index (κ3) is 4.98. The van der Waals surface area contributed by atoms with Gasteiger partial charge in [0.15, 0.2) is 0 Å². The Labute approximate surface area is 160 Å². The van der Waals surface area contributed by atoms with E-state index in [9.17, 15) is 4.79 Å². The Balaban J connectivity index is 1.26. The van der Waals surface area contributed by atoms with Crippen LogP contribution in [0.1, 0.15) is 18.4 Å². The number of nitrogens with one attached hydrogen (secondary N) is 1. The van der Waals surface area contributed by atoms with Crippen LogP contribution in [0, 0.1) is 5.92 Å². The molecule has 2 fully saturated rings. The lowest BCUT2D eigenvalue weighted by Crippen LogP contribution is -2.50. The van der Waals surface area contributed by atoms with Gasteiger partial charge in [0.1, 0.15) is 0 Å². The number of aromatic nitrogens is 1. The molecule has 2 heterocycles. The number of carbonyl (C=O) groups is 1. The first-order valence-electron chi connectivity index (χ1n) is 9.65. The van der Waals surface area contributed by atoms with Crippen LogP contribution in [0.15, 0.2) is 48.8 Å². The maximum absolute atomic E-state index is 12.6. The van der Waals surface area contributed by atoms with Gasteiger partial charge in [-0.05, 0) is 48.6 Å². The number of urea groups is 1. The summed E-state index contributed by atoms with van der Waals surface area (Å²) in [4.78, 5) is 20.8. The van der Waals surface area contributed by atoms with E-state index in [2.05, 4.69) is 15.2 Å². The topological polar surface area (TPSA) is 57.7 Å². The molecule has 0 radical (unpaired) electrons. The first kappa shape index (κ1) is 17.8. The smallest absolute Gasteiger partial charge is 0.321 e. The van der Waals surface area contributed by atoms with Crippen LogP contribution in [0.2, 0.25) is 0 Å². The molecular weight excluding hydrogens is 340 g/mol. The van der Waals surface area contributed by atoms with Gasteiger partial charge < -0.3 is 19.9 Å². The van der Waals surface area contributed by atoms with E-state index in [1.807, 2.05) is 41.3 Å². The van der Waals surface area contributed by atoms with Crippen LogP contribution >= 0.6 is 0 Å². The third-order valence-corrected chi connectivity index (χ3v) is 5.09. The van der Waals surface area contributed by atoms with Gasteiger partial charge >= 0.3 is 6.03 Å². The molecule has 2 amide bonds. The van der Waals surface area contributed by atoms with Gasteiger partial charge in [0.25, 0.3) is 0 Å². The molecule has 1 saturated heterocycles. The van der Waals surface area contributed by atoms with Gasteiger partial charge in [0, 0.05) is 56.6 Å². The van der Waals surface area contributed by atoms with Crippen LogP contribution in [0.4, 0.5) is 16.2 Å². The van der Waals surface area contributed by atoms with Crippen molar-refractivity contribution in [3.05, 3.63) is 54.4 Å². The molecule has 6 nitrogen and oxygen atoms in total. The largest absolute Gasteiger partial charge is 0.376 e. The zero-order valence-corrected chi connectivity index (χ0v) is 15.5. The summed E-state index contributed by atoms with van der Waals surface area (Å²) in [5, 5.41) is 3.02. The van der Waals surface area contributed by atoms with Crippen LogP contribution in [0.3, 0.4) is 0 Å². The fourth-order valence-electron chi connectivity index (χ4n) is 3.29. The summed E-state index contributed by atoms with van der Waals surface area (Å²) in [7, 11) is 0.